The van der Waals surface area contributed by atoms with Gasteiger partial charge in [-0.25, -0.2) is 0 Å². The highest BCUT2D eigenvalue weighted by molar-refractivity contribution is 5.76. The minimum atomic E-state index is 0.0487. The lowest BCUT2D eigenvalue weighted by Crippen LogP contribution is -2.29. The number of rotatable bonds is 6. The molecule has 2 N–H and O–H groups in total. The van der Waals surface area contributed by atoms with Crippen LogP contribution in [0.5, 0.6) is 0 Å². The van der Waals surface area contributed by atoms with Crippen LogP contribution in [0.3, 0.4) is 0 Å². The van der Waals surface area contributed by atoms with Crippen molar-refractivity contribution in [3.05, 3.63) is 12.4 Å². The molecule has 1 heterocycles. The molecule has 2 rings (SSSR count). The van der Waals surface area contributed by atoms with Gasteiger partial charge in [0.15, 0.2) is 0 Å². The molecule has 5 nitrogen and oxygen atoms in total. The van der Waals surface area contributed by atoms with E-state index in [0.717, 1.165) is 31.5 Å². The highest BCUT2D eigenvalue weighted by atomic mass is 16.2. The van der Waals surface area contributed by atoms with E-state index < -0.39 is 0 Å². The van der Waals surface area contributed by atoms with Crippen molar-refractivity contribution < 1.29 is 4.79 Å². The lowest BCUT2D eigenvalue weighted by molar-refractivity contribution is -0.122. The van der Waals surface area contributed by atoms with Gasteiger partial charge in [0.1, 0.15) is 6.54 Å². The molecule has 0 saturated heterocycles. The summed E-state index contributed by atoms with van der Waals surface area (Å²) in [7, 11) is 0. The average molecular weight is 222 g/mol. The number of nitrogens with one attached hydrogen (secondary N) is 2. The third kappa shape index (κ3) is 3.25. The Bertz CT molecular complexity index is 357. The molecule has 0 unspecified atom stereocenters. The monoisotopic (exact) mass is 222 g/mol. The van der Waals surface area contributed by atoms with Crippen molar-refractivity contribution in [1.82, 2.24) is 15.1 Å². The van der Waals surface area contributed by atoms with Gasteiger partial charge >= 0.3 is 0 Å². The first-order valence-corrected chi connectivity index (χ1v) is 5.83. The molecule has 0 atom stereocenters. The van der Waals surface area contributed by atoms with Gasteiger partial charge < -0.3 is 10.6 Å². The summed E-state index contributed by atoms with van der Waals surface area (Å²) in [5.74, 6) is 0.0487. The van der Waals surface area contributed by atoms with Crippen LogP contribution in [0, 0.1) is 0 Å². The van der Waals surface area contributed by atoms with E-state index in [-0.39, 0.29) is 5.91 Å². The third-order valence-corrected chi connectivity index (χ3v) is 2.46. The van der Waals surface area contributed by atoms with Gasteiger partial charge in [0.25, 0.3) is 0 Å². The quantitative estimate of drug-likeness (QED) is 0.754. The Morgan fingerprint density at radius 1 is 1.62 bits per heavy atom. The summed E-state index contributed by atoms with van der Waals surface area (Å²) in [5.41, 5.74) is 0.973. The van der Waals surface area contributed by atoms with Crippen molar-refractivity contribution in [2.45, 2.75) is 38.8 Å². The predicted molar refractivity (Wildman–Crippen MR) is 62.2 cm³/mol. The molecule has 1 aromatic rings. The third-order valence-electron chi connectivity index (χ3n) is 2.46. The summed E-state index contributed by atoms with van der Waals surface area (Å²) in [5, 5.41) is 10.3. The largest absolute Gasteiger partial charge is 0.383 e. The van der Waals surface area contributed by atoms with E-state index in [2.05, 4.69) is 22.7 Å². The average Bonchev–Trinajstić information content (AvgIpc) is 2.94. The zero-order valence-electron chi connectivity index (χ0n) is 9.57. The first-order chi connectivity index (χ1) is 7.78. The van der Waals surface area contributed by atoms with Gasteiger partial charge in [0, 0.05) is 18.8 Å². The number of carbonyl (C=O) groups excluding carboxylic acids is 1. The standard InChI is InChI=1S/C11H18N4O/c1-2-5-12-10-6-13-15(7-10)8-11(16)14-9-3-4-9/h6-7,9,12H,2-5,8H2,1H3,(H,14,16). The van der Waals surface area contributed by atoms with E-state index in [1.54, 1.807) is 10.9 Å². The lowest BCUT2D eigenvalue weighted by Gasteiger charge is -2.02. The first-order valence-electron chi connectivity index (χ1n) is 5.83. The predicted octanol–water partition coefficient (Wildman–Crippen LogP) is 0.984. The Morgan fingerprint density at radius 2 is 2.44 bits per heavy atom. The van der Waals surface area contributed by atoms with E-state index in [1.807, 2.05) is 6.20 Å². The van der Waals surface area contributed by atoms with Gasteiger partial charge in [-0.3, -0.25) is 9.48 Å². The fourth-order valence-electron chi connectivity index (χ4n) is 1.46. The van der Waals surface area contributed by atoms with Gasteiger partial charge in [-0.1, -0.05) is 6.92 Å². The van der Waals surface area contributed by atoms with E-state index >= 15 is 0 Å². The molecular formula is C11H18N4O. The van der Waals surface area contributed by atoms with Crippen molar-refractivity contribution >= 4 is 11.6 Å². The fourth-order valence-corrected chi connectivity index (χ4v) is 1.46. The number of nitrogens with zero attached hydrogens (tertiary/aromatic N) is 2. The number of hydrogen-bond acceptors (Lipinski definition) is 3. The molecule has 1 fully saturated rings. The maximum atomic E-state index is 11.5. The van der Waals surface area contributed by atoms with Crippen LogP contribution in [0.15, 0.2) is 12.4 Å². The van der Waals surface area contributed by atoms with Crippen molar-refractivity contribution in [2.24, 2.45) is 0 Å². The summed E-state index contributed by atoms with van der Waals surface area (Å²) in [6.07, 6.45) is 6.93. The highest BCUT2D eigenvalue weighted by Gasteiger charge is 2.23. The van der Waals surface area contributed by atoms with Crippen LogP contribution in [0.2, 0.25) is 0 Å². The fraction of sp³-hybridized carbons (Fsp3) is 0.636. The summed E-state index contributed by atoms with van der Waals surface area (Å²) in [4.78, 5) is 11.5. The van der Waals surface area contributed by atoms with Crippen LogP contribution in [-0.4, -0.2) is 28.3 Å². The van der Waals surface area contributed by atoms with Crippen LogP contribution in [0.1, 0.15) is 26.2 Å². The summed E-state index contributed by atoms with van der Waals surface area (Å²) in [6, 6.07) is 0.417. The van der Waals surface area contributed by atoms with Crippen LogP contribution in [0.4, 0.5) is 5.69 Å². The minimum absolute atomic E-state index is 0.0487. The zero-order chi connectivity index (χ0) is 11.4. The number of anilines is 1. The maximum absolute atomic E-state index is 11.5. The molecule has 5 heteroatoms. The molecule has 0 bridgehead atoms. The Labute approximate surface area is 95.2 Å². The Balaban J connectivity index is 1.79. The summed E-state index contributed by atoms with van der Waals surface area (Å²) < 4.78 is 1.66. The normalized spacial score (nSPS) is 14.8. The SMILES string of the molecule is CCCNc1cnn(CC(=O)NC2CC2)c1. The number of hydrogen-bond donors (Lipinski definition) is 2. The maximum Gasteiger partial charge on any atom is 0.241 e. The molecule has 1 saturated carbocycles. The lowest BCUT2D eigenvalue weighted by atomic mass is 10.4. The minimum Gasteiger partial charge on any atom is -0.383 e. The number of aromatic nitrogens is 2. The van der Waals surface area contributed by atoms with Crippen molar-refractivity contribution in [2.75, 3.05) is 11.9 Å². The van der Waals surface area contributed by atoms with Gasteiger partial charge in [-0.2, -0.15) is 5.10 Å². The van der Waals surface area contributed by atoms with Gasteiger partial charge in [-0.15, -0.1) is 0 Å². The molecule has 16 heavy (non-hydrogen) atoms. The van der Waals surface area contributed by atoms with Gasteiger partial charge in [0.05, 0.1) is 11.9 Å². The topological polar surface area (TPSA) is 59.0 Å². The molecule has 1 aliphatic rings. The molecule has 88 valence electrons. The molecular weight excluding hydrogens is 204 g/mol. The summed E-state index contributed by atoms with van der Waals surface area (Å²) >= 11 is 0. The first kappa shape index (κ1) is 11.0. The van der Waals surface area contributed by atoms with Crippen LogP contribution < -0.4 is 10.6 Å². The smallest absolute Gasteiger partial charge is 0.241 e. The molecule has 1 aliphatic carbocycles. The molecule has 0 radical (unpaired) electrons. The van der Waals surface area contributed by atoms with Crippen molar-refractivity contribution in [3.8, 4) is 0 Å². The Morgan fingerprint density at radius 3 is 3.12 bits per heavy atom. The zero-order valence-corrected chi connectivity index (χ0v) is 9.57. The van der Waals surface area contributed by atoms with Crippen LogP contribution in [-0.2, 0) is 11.3 Å². The van der Waals surface area contributed by atoms with Gasteiger partial charge in [0.2, 0.25) is 5.91 Å². The molecule has 1 aromatic heterocycles. The molecule has 0 aromatic carbocycles. The van der Waals surface area contributed by atoms with E-state index in [4.69, 9.17) is 0 Å². The van der Waals surface area contributed by atoms with Crippen molar-refractivity contribution in [3.63, 3.8) is 0 Å². The molecule has 0 aliphatic heterocycles. The van der Waals surface area contributed by atoms with E-state index in [0.29, 0.717) is 12.6 Å². The van der Waals surface area contributed by atoms with Crippen LogP contribution in [0.25, 0.3) is 0 Å². The number of amides is 1. The highest BCUT2D eigenvalue weighted by Crippen LogP contribution is 2.18. The number of carbonyl (C=O) groups is 1. The second-order valence-electron chi connectivity index (χ2n) is 4.20. The van der Waals surface area contributed by atoms with E-state index in [9.17, 15) is 4.79 Å². The second-order valence-corrected chi connectivity index (χ2v) is 4.20. The van der Waals surface area contributed by atoms with Gasteiger partial charge in [-0.05, 0) is 19.3 Å². The Hall–Kier alpha value is -1.52. The van der Waals surface area contributed by atoms with Crippen molar-refractivity contribution in [1.29, 1.82) is 0 Å². The molecule has 0 spiro atoms. The Kier molecular flexibility index (Phi) is 3.44. The molecule has 1 amide bonds. The van der Waals surface area contributed by atoms with E-state index in [1.165, 1.54) is 0 Å². The summed E-state index contributed by atoms with van der Waals surface area (Å²) in [6.45, 7) is 3.35. The van der Waals surface area contributed by atoms with Crippen LogP contribution >= 0.6 is 0 Å². The second kappa shape index (κ2) is 5.01.